The van der Waals surface area contributed by atoms with Crippen LogP contribution in [-0.4, -0.2) is 10.7 Å². The van der Waals surface area contributed by atoms with Crippen molar-refractivity contribution in [1.82, 2.24) is 0 Å². The Morgan fingerprint density at radius 1 is 1.35 bits per heavy atom. The first-order valence-corrected chi connectivity index (χ1v) is 5.94. The minimum Gasteiger partial charge on any atom is -0.299 e. The Labute approximate surface area is 104 Å². The van der Waals surface area contributed by atoms with Crippen LogP contribution in [0.15, 0.2) is 18.2 Å². The molecule has 0 radical (unpaired) electrons. The summed E-state index contributed by atoms with van der Waals surface area (Å²) in [6.07, 6.45) is 3.37. The molecule has 17 heavy (non-hydrogen) atoms. The second-order valence-electron chi connectivity index (χ2n) is 4.23. The molecular formula is C12H12ClNO3. The molecule has 0 bridgehead atoms. The van der Waals surface area contributed by atoms with Crippen LogP contribution in [0, 0.1) is 10.1 Å². The van der Waals surface area contributed by atoms with Gasteiger partial charge in [0.2, 0.25) is 0 Å². The highest BCUT2D eigenvalue weighted by Crippen LogP contribution is 2.34. The number of Topliss-reactive ketones (excluding diaryl/α,β-unsaturated/α-hetero) is 1. The molecule has 90 valence electrons. The Morgan fingerprint density at radius 3 is 2.71 bits per heavy atom. The van der Waals surface area contributed by atoms with Crippen LogP contribution >= 0.6 is 11.6 Å². The third-order valence-electron chi connectivity index (χ3n) is 3.13. The Balaban J connectivity index is 2.30. The van der Waals surface area contributed by atoms with Crippen molar-refractivity contribution in [2.24, 2.45) is 0 Å². The number of nitrogens with zero attached hydrogens (tertiary/aromatic N) is 1. The number of rotatable bonds is 2. The topological polar surface area (TPSA) is 60.2 Å². The molecule has 1 saturated carbocycles. The maximum Gasteiger partial charge on any atom is 0.287 e. The predicted octanol–water partition coefficient (Wildman–Crippen LogP) is 3.47. The number of carbonyl (C=O) groups excluding carboxylic acids is 1. The maximum atomic E-state index is 11.7. The van der Waals surface area contributed by atoms with E-state index in [0.717, 1.165) is 24.8 Å². The normalized spacial score (nSPS) is 20.3. The van der Waals surface area contributed by atoms with Crippen molar-refractivity contribution in [3.05, 3.63) is 38.9 Å². The molecule has 1 aromatic carbocycles. The summed E-state index contributed by atoms with van der Waals surface area (Å²) in [5.74, 6) is 0.0724. The van der Waals surface area contributed by atoms with Gasteiger partial charge in [0, 0.05) is 18.4 Å². The minimum absolute atomic E-state index is 0.103. The van der Waals surface area contributed by atoms with Crippen LogP contribution in [0.2, 0.25) is 5.02 Å². The fourth-order valence-electron chi connectivity index (χ4n) is 2.22. The van der Waals surface area contributed by atoms with E-state index in [0.29, 0.717) is 6.42 Å². The van der Waals surface area contributed by atoms with E-state index < -0.39 is 4.92 Å². The summed E-state index contributed by atoms with van der Waals surface area (Å²) in [6.45, 7) is 0. The molecular weight excluding hydrogens is 242 g/mol. The van der Waals surface area contributed by atoms with Crippen LogP contribution in [0.5, 0.6) is 0 Å². The van der Waals surface area contributed by atoms with Gasteiger partial charge < -0.3 is 0 Å². The van der Waals surface area contributed by atoms with E-state index in [1.165, 1.54) is 6.07 Å². The Morgan fingerprint density at radius 2 is 2.12 bits per heavy atom. The lowest BCUT2D eigenvalue weighted by Gasteiger charge is -2.20. The standard InChI is InChI=1S/C12H12ClNO3/c13-10-7-8(5-6-11(10)14(16)17)9-3-1-2-4-12(9)15/h5-7,9H,1-4H2/t9-/m0/s1. The van der Waals surface area contributed by atoms with E-state index in [4.69, 9.17) is 11.6 Å². The molecule has 0 N–H and O–H groups in total. The van der Waals surface area contributed by atoms with E-state index >= 15 is 0 Å². The fourth-order valence-corrected chi connectivity index (χ4v) is 2.48. The molecule has 5 heteroatoms. The van der Waals surface area contributed by atoms with Crippen LogP contribution in [0.25, 0.3) is 0 Å². The van der Waals surface area contributed by atoms with Crippen molar-refractivity contribution in [1.29, 1.82) is 0 Å². The summed E-state index contributed by atoms with van der Waals surface area (Å²) in [7, 11) is 0. The van der Waals surface area contributed by atoms with Crippen molar-refractivity contribution in [3.63, 3.8) is 0 Å². The molecule has 1 aliphatic rings. The molecule has 0 aliphatic heterocycles. The third-order valence-corrected chi connectivity index (χ3v) is 3.43. The Kier molecular flexibility index (Phi) is 3.43. The molecule has 1 aromatic rings. The number of hydrogen-bond acceptors (Lipinski definition) is 3. The van der Waals surface area contributed by atoms with Gasteiger partial charge in [-0.15, -0.1) is 0 Å². The number of halogens is 1. The second-order valence-corrected chi connectivity index (χ2v) is 4.64. The predicted molar refractivity (Wildman–Crippen MR) is 64.3 cm³/mol. The highest BCUT2D eigenvalue weighted by molar-refractivity contribution is 6.32. The molecule has 1 aliphatic carbocycles. The lowest BCUT2D eigenvalue weighted by Crippen LogP contribution is -2.16. The summed E-state index contributed by atoms with van der Waals surface area (Å²) in [5, 5.41) is 10.7. The first-order chi connectivity index (χ1) is 8.09. The van der Waals surface area contributed by atoms with E-state index in [9.17, 15) is 14.9 Å². The lowest BCUT2D eigenvalue weighted by atomic mass is 9.83. The minimum atomic E-state index is -0.519. The summed E-state index contributed by atoms with van der Waals surface area (Å²) in [6, 6.07) is 4.56. The molecule has 0 spiro atoms. The van der Waals surface area contributed by atoms with E-state index in [1.807, 2.05) is 0 Å². The van der Waals surface area contributed by atoms with Crippen LogP contribution in [-0.2, 0) is 4.79 Å². The van der Waals surface area contributed by atoms with Gasteiger partial charge in [0.1, 0.15) is 10.8 Å². The van der Waals surface area contributed by atoms with Gasteiger partial charge in [-0.05, 0) is 24.5 Å². The van der Waals surface area contributed by atoms with E-state index in [1.54, 1.807) is 12.1 Å². The Bertz CT molecular complexity index is 473. The number of benzene rings is 1. The van der Waals surface area contributed by atoms with Crippen LogP contribution in [0.4, 0.5) is 5.69 Å². The lowest BCUT2D eigenvalue weighted by molar-refractivity contribution is -0.384. The van der Waals surface area contributed by atoms with E-state index in [2.05, 4.69) is 0 Å². The molecule has 2 rings (SSSR count). The van der Waals surface area contributed by atoms with Crippen molar-refractivity contribution in [2.45, 2.75) is 31.6 Å². The van der Waals surface area contributed by atoms with Crippen molar-refractivity contribution >= 4 is 23.1 Å². The largest absolute Gasteiger partial charge is 0.299 e. The van der Waals surface area contributed by atoms with Gasteiger partial charge in [0.05, 0.1) is 4.92 Å². The molecule has 0 heterocycles. The molecule has 0 aromatic heterocycles. The average Bonchev–Trinajstić information content (AvgIpc) is 2.29. The summed E-state index contributed by atoms with van der Waals surface area (Å²) in [5.41, 5.74) is 0.684. The molecule has 0 unspecified atom stereocenters. The van der Waals surface area contributed by atoms with Gasteiger partial charge >= 0.3 is 0 Å². The van der Waals surface area contributed by atoms with E-state index in [-0.39, 0.29) is 22.4 Å². The van der Waals surface area contributed by atoms with Crippen LogP contribution in [0.1, 0.15) is 37.2 Å². The number of ketones is 1. The summed E-state index contributed by atoms with van der Waals surface area (Å²) < 4.78 is 0. The van der Waals surface area contributed by atoms with Gasteiger partial charge in [0.25, 0.3) is 5.69 Å². The molecule has 1 atom stereocenters. The second kappa shape index (κ2) is 4.84. The number of nitro groups is 1. The van der Waals surface area contributed by atoms with Gasteiger partial charge in [-0.3, -0.25) is 14.9 Å². The monoisotopic (exact) mass is 253 g/mol. The number of nitro benzene ring substituents is 1. The van der Waals surface area contributed by atoms with Gasteiger partial charge in [-0.25, -0.2) is 0 Å². The Hall–Kier alpha value is -1.42. The van der Waals surface area contributed by atoms with Gasteiger partial charge in [-0.1, -0.05) is 24.1 Å². The summed E-state index contributed by atoms with van der Waals surface area (Å²) in [4.78, 5) is 21.9. The van der Waals surface area contributed by atoms with Crippen LogP contribution in [0.3, 0.4) is 0 Å². The van der Waals surface area contributed by atoms with Crippen LogP contribution < -0.4 is 0 Å². The third kappa shape index (κ3) is 2.47. The fraction of sp³-hybridized carbons (Fsp3) is 0.417. The van der Waals surface area contributed by atoms with Gasteiger partial charge in [0.15, 0.2) is 0 Å². The number of carbonyl (C=O) groups is 1. The highest BCUT2D eigenvalue weighted by atomic mass is 35.5. The van der Waals surface area contributed by atoms with Crippen molar-refractivity contribution in [2.75, 3.05) is 0 Å². The zero-order valence-corrected chi connectivity index (χ0v) is 9.94. The SMILES string of the molecule is O=C1CCCC[C@H]1c1ccc([N+](=O)[O-])c(Cl)c1. The average molecular weight is 254 g/mol. The van der Waals surface area contributed by atoms with Crippen molar-refractivity contribution in [3.8, 4) is 0 Å². The quantitative estimate of drug-likeness (QED) is 0.599. The zero-order valence-electron chi connectivity index (χ0n) is 9.19. The first kappa shape index (κ1) is 12.0. The highest BCUT2D eigenvalue weighted by Gasteiger charge is 2.25. The number of hydrogen-bond donors (Lipinski definition) is 0. The molecule has 0 amide bonds. The zero-order chi connectivity index (χ0) is 12.4. The summed E-state index contributed by atoms with van der Waals surface area (Å²) >= 11 is 5.84. The van der Waals surface area contributed by atoms with Crippen molar-refractivity contribution < 1.29 is 9.72 Å². The molecule has 1 fully saturated rings. The first-order valence-electron chi connectivity index (χ1n) is 5.56. The van der Waals surface area contributed by atoms with Gasteiger partial charge in [-0.2, -0.15) is 0 Å². The molecule has 0 saturated heterocycles. The smallest absolute Gasteiger partial charge is 0.287 e. The maximum absolute atomic E-state index is 11.7. The molecule has 4 nitrogen and oxygen atoms in total.